The standard InChI is InChI=1S/C10H14IN7O/c11-1-4-5(12)6(13)10(19-4)18-3-17-7-8(14)15-2-16-9(7)18/h2-6,10H,1,12-13H2,(H2,14,15,16)/t4-,5-,6-,10-/m1/s1. The van der Waals surface area contributed by atoms with Crippen LogP contribution in [0.15, 0.2) is 12.7 Å². The number of rotatable bonds is 2. The second-order valence-electron chi connectivity index (χ2n) is 4.46. The highest BCUT2D eigenvalue weighted by Crippen LogP contribution is 2.30. The number of anilines is 1. The van der Waals surface area contributed by atoms with Gasteiger partial charge >= 0.3 is 0 Å². The summed E-state index contributed by atoms with van der Waals surface area (Å²) in [6.07, 6.45) is 2.56. The molecule has 9 heteroatoms. The van der Waals surface area contributed by atoms with Crippen molar-refractivity contribution in [1.82, 2.24) is 19.5 Å². The molecule has 2 aromatic heterocycles. The van der Waals surface area contributed by atoms with Gasteiger partial charge in [-0.3, -0.25) is 4.57 Å². The van der Waals surface area contributed by atoms with Gasteiger partial charge in [0.2, 0.25) is 0 Å². The summed E-state index contributed by atoms with van der Waals surface area (Å²) in [5.41, 5.74) is 19.1. The van der Waals surface area contributed by atoms with E-state index in [2.05, 4.69) is 37.5 Å². The zero-order chi connectivity index (χ0) is 13.6. The van der Waals surface area contributed by atoms with Crippen molar-refractivity contribution in [2.45, 2.75) is 24.4 Å². The van der Waals surface area contributed by atoms with Crippen molar-refractivity contribution in [2.75, 3.05) is 10.2 Å². The largest absolute Gasteiger partial charge is 0.382 e. The highest BCUT2D eigenvalue weighted by molar-refractivity contribution is 14.1. The summed E-state index contributed by atoms with van der Waals surface area (Å²) in [5.74, 6) is 0.338. The Bertz CT molecular complexity index is 603. The fourth-order valence-corrected chi connectivity index (χ4v) is 3.04. The lowest BCUT2D eigenvalue weighted by Gasteiger charge is -2.17. The summed E-state index contributed by atoms with van der Waals surface area (Å²) in [4.78, 5) is 12.3. The third kappa shape index (κ3) is 1.96. The van der Waals surface area contributed by atoms with Crippen molar-refractivity contribution in [1.29, 1.82) is 0 Å². The number of aromatic nitrogens is 4. The number of nitrogens with zero attached hydrogens (tertiary/aromatic N) is 4. The average Bonchev–Trinajstić information content (AvgIpc) is 2.94. The number of nitrogen functional groups attached to an aromatic ring is 1. The minimum Gasteiger partial charge on any atom is -0.382 e. The van der Waals surface area contributed by atoms with E-state index in [0.717, 1.165) is 4.43 Å². The maximum Gasteiger partial charge on any atom is 0.167 e. The molecule has 0 amide bonds. The zero-order valence-corrected chi connectivity index (χ0v) is 12.1. The lowest BCUT2D eigenvalue weighted by atomic mass is 10.1. The second-order valence-corrected chi connectivity index (χ2v) is 5.34. The summed E-state index contributed by atoms with van der Waals surface area (Å²) < 4.78 is 8.44. The number of nitrogens with two attached hydrogens (primary N) is 3. The monoisotopic (exact) mass is 375 g/mol. The van der Waals surface area contributed by atoms with Crippen LogP contribution in [0.5, 0.6) is 0 Å². The Labute approximate surface area is 122 Å². The maximum absolute atomic E-state index is 6.13. The Balaban J connectivity index is 2.04. The zero-order valence-electron chi connectivity index (χ0n) is 9.98. The summed E-state index contributed by atoms with van der Waals surface area (Å²) in [7, 11) is 0. The summed E-state index contributed by atoms with van der Waals surface area (Å²) in [6, 6.07) is -0.521. The third-order valence-electron chi connectivity index (χ3n) is 3.33. The van der Waals surface area contributed by atoms with Crippen molar-refractivity contribution < 1.29 is 4.74 Å². The van der Waals surface area contributed by atoms with Gasteiger partial charge in [-0.05, 0) is 0 Å². The first-order valence-electron chi connectivity index (χ1n) is 5.79. The molecule has 3 rings (SSSR count). The smallest absolute Gasteiger partial charge is 0.167 e. The van der Waals surface area contributed by atoms with Crippen LogP contribution in [-0.2, 0) is 4.74 Å². The molecule has 0 saturated carbocycles. The van der Waals surface area contributed by atoms with Crippen molar-refractivity contribution >= 4 is 39.6 Å². The Kier molecular flexibility index (Phi) is 3.28. The number of ether oxygens (including phenoxy) is 1. The van der Waals surface area contributed by atoms with Gasteiger partial charge in [-0.2, -0.15) is 0 Å². The fourth-order valence-electron chi connectivity index (χ4n) is 2.25. The lowest BCUT2D eigenvalue weighted by molar-refractivity contribution is 0.01000. The van der Waals surface area contributed by atoms with Crippen molar-refractivity contribution in [3.05, 3.63) is 12.7 Å². The molecule has 4 atom stereocenters. The van der Waals surface area contributed by atoms with E-state index in [9.17, 15) is 0 Å². The van der Waals surface area contributed by atoms with Crippen molar-refractivity contribution in [2.24, 2.45) is 11.5 Å². The first-order valence-corrected chi connectivity index (χ1v) is 7.31. The molecule has 0 radical (unpaired) electrons. The third-order valence-corrected chi connectivity index (χ3v) is 4.20. The van der Waals surface area contributed by atoms with E-state index in [0.29, 0.717) is 17.0 Å². The van der Waals surface area contributed by atoms with E-state index >= 15 is 0 Å². The van der Waals surface area contributed by atoms with Gasteiger partial charge < -0.3 is 21.9 Å². The lowest BCUT2D eigenvalue weighted by Crippen LogP contribution is -2.45. The molecule has 8 nitrogen and oxygen atoms in total. The normalized spacial score (nSPS) is 31.1. The van der Waals surface area contributed by atoms with Crippen LogP contribution in [0.2, 0.25) is 0 Å². The van der Waals surface area contributed by atoms with Crippen LogP contribution in [0.4, 0.5) is 5.82 Å². The topological polar surface area (TPSA) is 131 Å². The number of fused-ring (bicyclic) bond motifs is 1. The SMILES string of the molecule is Nc1ncnc2c1ncn2[C@@H]1O[C@H](CI)[C@@H](N)[C@H]1N. The van der Waals surface area contributed by atoms with Crippen LogP contribution in [0.3, 0.4) is 0 Å². The molecule has 19 heavy (non-hydrogen) atoms. The highest BCUT2D eigenvalue weighted by atomic mass is 127. The number of alkyl halides is 1. The Morgan fingerprint density at radius 2 is 2.05 bits per heavy atom. The van der Waals surface area contributed by atoms with E-state index in [1.54, 1.807) is 10.9 Å². The van der Waals surface area contributed by atoms with Gasteiger partial charge in [-0.15, -0.1) is 0 Å². The molecule has 0 unspecified atom stereocenters. The Hall–Kier alpha value is -1.04. The van der Waals surface area contributed by atoms with Gasteiger partial charge in [-0.1, -0.05) is 22.6 Å². The highest BCUT2D eigenvalue weighted by Gasteiger charge is 2.41. The number of halogens is 1. The predicted octanol–water partition coefficient (Wildman–Crippen LogP) is -0.605. The first-order chi connectivity index (χ1) is 9.13. The molecule has 0 aromatic carbocycles. The quantitative estimate of drug-likeness (QED) is 0.472. The van der Waals surface area contributed by atoms with E-state index in [-0.39, 0.29) is 24.4 Å². The molecule has 0 spiro atoms. The van der Waals surface area contributed by atoms with Gasteiger partial charge in [-0.25, -0.2) is 15.0 Å². The van der Waals surface area contributed by atoms with E-state index in [1.165, 1.54) is 6.33 Å². The van der Waals surface area contributed by atoms with Crippen LogP contribution in [0, 0.1) is 0 Å². The minimum atomic E-state index is -0.380. The predicted molar refractivity (Wildman–Crippen MR) is 78.5 cm³/mol. The molecule has 0 bridgehead atoms. The summed E-state index contributed by atoms with van der Waals surface area (Å²) in [5, 5.41) is 0. The molecule has 2 aromatic rings. The number of hydrogen-bond donors (Lipinski definition) is 3. The van der Waals surface area contributed by atoms with Crippen LogP contribution >= 0.6 is 22.6 Å². The van der Waals surface area contributed by atoms with E-state index in [1.807, 2.05) is 0 Å². The average molecular weight is 375 g/mol. The summed E-state index contributed by atoms with van der Waals surface area (Å²) in [6.45, 7) is 0. The van der Waals surface area contributed by atoms with Gasteiger partial charge in [0.15, 0.2) is 17.7 Å². The molecular formula is C10H14IN7O. The Morgan fingerprint density at radius 3 is 2.74 bits per heavy atom. The maximum atomic E-state index is 6.13. The van der Waals surface area contributed by atoms with Crippen molar-refractivity contribution in [3.63, 3.8) is 0 Å². The fraction of sp³-hybridized carbons (Fsp3) is 0.500. The molecule has 1 fully saturated rings. The first kappa shape index (κ1) is 13.0. The molecule has 3 heterocycles. The van der Waals surface area contributed by atoms with Crippen LogP contribution in [-0.4, -0.2) is 42.1 Å². The van der Waals surface area contributed by atoms with Crippen LogP contribution in [0.1, 0.15) is 6.23 Å². The van der Waals surface area contributed by atoms with E-state index in [4.69, 9.17) is 21.9 Å². The van der Waals surface area contributed by atoms with Gasteiger partial charge in [0, 0.05) is 4.43 Å². The summed E-state index contributed by atoms with van der Waals surface area (Å²) >= 11 is 2.23. The molecule has 6 N–H and O–H groups in total. The molecule has 1 aliphatic heterocycles. The molecule has 0 aliphatic carbocycles. The van der Waals surface area contributed by atoms with Gasteiger partial charge in [0.1, 0.15) is 11.8 Å². The molecular weight excluding hydrogens is 361 g/mol. The van der Waals surface area contributed by atoms with Gasteiger partial charge in [0.05, 0.1) is 24.5 Å². The number of imidazole rings is 1. The second kappa shape index (κ2) is 4.81. The Morgan fingerprint density at radius 1 is 1.26 bits per heavy atom. The van der Waals surface area contributed by atoms with Crippen LogP contribution in [0.25, 0.3) is 11.2 Å². The van der Waals surface area contributed by atoms with Crippen molar-refractivity contribution in [3.8, 4) is 0 Å². The minimum absolute atomic E-state index is 0.0720. The van der Waals surface area contributed by atoms with E-state index < -0.39 is 0 Å². The van der Waals surface area contributed by atoms with Gasteiger partial charge in [0.25, 0.3) is 0 Å². The molecule has 102 valence electrons. The number of hydrogen-bond acceptors (Lipinski definition) is 7. The molecule has 1 saturated heterocycles. The van der Waals surface area contributed by atoms with Crippen LogP contribution < -0.4 is 17.2 Å². The molecule has 1 aliphatic rings.